The summed E-state index contributed by atoms with van der Waals surface area (Å²) in [5.74, 6) is -0.242. The molecule has 2 amide bonds. The number of benzene rings is 1. The van der Waals surface area contributed by atoms with E-state index in [1.165, 1.54) is 28.3 Å². The highest BCUT2D eigenvalue weighted by Gasteiger charge is 2.37. The summed E-state index contributed by atoms with van der Waals surface area (Å²) in [5, 5.41) is 15.4. The minimum atomic E-state index is -0.780. The molecule has 1 aliphatic rings. The quantitative estimate of drug-likeness (QED) is 0.262. The van der Waals surface area contributed by atoms with Gasteiger partial charge >= 0.3 is 12.0 Å². The second-order valence-electron chi connectivity index (χ2n) is 10.3. The maximum atomic E-state index is 12.8. The Hall–Kier alpha value is -4.43. The van der Waals surface area contributed by atoms with E-state index < -0.39 is 11.4 Å². The van der Waals surface area contributed by atoms with E-state index >= 15 is 0 Å². The van der Waals surface area contributed by atoms with Gasteiger partial charge < -0.3 is 20.1 Å². The van der Waals surface area contributed by atoms with Gasteiger partial charge in [-0.1, -0.05) is 11.3 Å². The zero-order valence-electron chi connectivity index (χ0n) is 23.6. The molecule has 0 saturated carbocycles. The average molecular weight is 593 g/mol. The molecule has 220 valence electrons. The van der Waals surface area contributed by atoms with Gasteiger partial charge in [-0.05, 0) is 44.4 Å². The standard InChI is InChI=1S/C28H32N8O5S/c1-4-29-26(40)34-27-33-21-12-17(11-19(23(21)42-27)20-13-22(37)36(16-32-20)9-10-41-3)18-14-30-25(31-15-18)35-7-5-28(2,6-8-35)24(38)39/h11-16H,4-10H2,1-3H3,(H,38,39)(H2,29,33,34,40). The Kier molecular flexibility index (Phi) is 8.45. The zero-order valence-corrected chi connectivity index (χ0v) is 24.4. The third kappa shape index (κ3) is 6.09. The molecule has 4 aromatic rings. The van der Waals surface area contributed by atoms with Crippen LogP contribution < -0.4 is 21.1 Å². The first-order valence-corrected chi connectivity index (χ1v) is 14.4. The van der Waals surface area contributed by atoms with E-state index in [4.69, 9.17) is 4.74 Å². The summed E-state index contributed by atoms with van der Waals surface area (Å²) in [5.41, 5.74) is 2.33. The highest BCUT2D eigenvalue weighted by Crippen LogP contribution is 2.38. The molecule has 0 radical (unpaired) electrons. The molecular formula is C28H32N8O5S. The fourth-order valence-electron chi connectivity index (χ4n) is 4.72. The van der Waals surface area contributed by atoms with Gasteiger partial charge in [-0.2, -0.15) is 0 Å². The van der Waals surface area contributed by atoms with Crippen molar-refractivity contribution in [2.45, 2.75) is 33.2 Å². The molecule has 3 N–H and O–H groups in total. The predicted octanol–water partition coefficient (Wildman–Crippen LogP) is 3.46. The van der Waals surface area contributed by atoms with Gasteiger partial charge in [0.2, 0.25) is 5.95 Å². The highest BCUT2D eigenvalue weighted by atomic mass is 32.1. The molecule has 1 aromatic carbocycles. The number of methoxy groups -OCH3 is 1. The third-order valence-electron chi connectivity index (χ3n) is 7.38. The Balaban J connectivity index is 1.49. The molecule has 4 heterocycles. The van der Waals surface area contributed by atoms with Crippen LogP contribution in [0.15, 0.2) is 41.7 Å². The van der Waals surface area contributed by atoms with E-state index in [0.717, 1.165) is 15.8 Å². The number of carbonyl (C=O) groups excluding carboxylic acids is 1. The van der Waals surface area contributed by atoms with Crippen LogP contribution in [0.5, 0.6) is 0 Å². The number of carboxylic acids is 1. The van der Waals surface area contributed by atoms with Crippen molar-refractivity contribution in [1.82, 2.24) is 29.8 Å². The second-order valence-corrected chi connectivity index (χ2v) is 11.3. The number of nitrogens with zero attached hydrogens (tertiary/aromatic N) is 6. The molecule has 0 spiro atoms. The van der Waals surface area contributed by atoms with Crippen molar-refractivity contribution in [3.05, 3.63) is 47.3 Å². The lowest BCUT2D eigenvalue weighted by atomic mass is 9.80. The number of urea groups is 1. The van der Waals surface area contributed by atoms with E-state index in [-0.39, 0.29) is 11.6 Å². The van der Waals surface area contributed by atoms with Crippen molar-refractivity contribution in [2.75, 3.05) is 43.6 Å². The molecule has 1 aliphatic heterocycles. The lowest BCUT2D eigenvalue weighted by molar-refractivity contribution is -0.149. The van der Waals surface area contributed by atoms with Crippen LogP contribution in [-0.2, 0) is 16.1 Å². The summed E-state index contributed by atoms with van der Waals surface area (Å²) in [6, 6.07) is 4.92. The Morgan fingerprint density at radius 3 is 2.50 bits per heavy atom. The average Bonchev–Trinajstić information content (AvgIpc) is 3.38. The lowest BCUT2D eigenvalue weighted by Gasteiger charge is -2.36. The predicted molar refractivity (Wildman–Crippen MR) is 160 cm³/mol. The van der Waals surface area contributed by atoms with E-state index in [0.29, 0.717) is 73.5 Å². The minimum Gasteiger partial charge on any atom is -0.481 e. The number of aromatic nitrogens is 5. The fraction of sp³-hybridized carbons (Fsp3) is 0.393. The second kappa shape index (κ2) is 12.2. The van der Waals surface area contributed by atoms with Gasteiger partial charge in [0, 0.05) is 56.3 Å². The Labute approximate surface area is 245 Å². The number of rotatable bonds is 9. The summed E-state index contributed by atoms with van der Waals surface area (Å²) in [6.07, 6.45) is 5.96. The van der Waals surface area contributed by atoms with Crippen molar-refractivity contribution in [1.29, 1.82) is 0 Å². The molecule has 14 heteroatoms. The van der Waals surface area contributed by atoms with Gasteiger partial charge in [-0.25, -0.2) is 24.7 Å². The number of carboxylic acid groups (broad SMARTS) is 1. The largest absolute Gasteiger partial charge is 0.481 e. The van der Waals surface area contributed by atoms with Crippen molar-refractivity contribution in [3.8, 4) is 22.4 Å². The van der Waals surface area contributed by atoms with Crippen LogP contribution in [-0.4, -0.2) is 75.0 Å². The topological polar surface area (TPSA) is 164 Å². The van der Waals surface area contributed by atoms with Gasteiger partial charge in [0.05, 0.1) is 40.8 Å². The van der Waals surface area contributed by atoms with Crippen molar-refractivity contribution < 1.29 is 19.4 Å². The van der Waals surface area contributed by atoms with E-state index in [9.17, 15) is 19.5 Å². The van der Waals surface area contributed by atoms with Crippen molar-refractivity contribution in [3.63, 3.8) is 0 Å². The molecule has 1 fully saturated rings. The van der Waals surface area contributed by atoms with Gasteiger partial charge in [-0.15, -0.1) is 0 Å². The summed E-state index contributed by atoms with van der Waals surface area (Å²) in [7, 11) is 1.57. The molecule has 3 aromatic heterocycles. The van der Waals surface area contributed by atoms with Crippen LogP contribution in [0.1, 0.15) is 26.7 Å². The number of anilines is 2. The van der Waals surface area contributed by atoms with Crippen LogP contribution >= 0.6 is 11.3 Å². The molecule has 42 heavy (non-hydrogen) atoms. The van der Waals surface area contributed by atoms with Crippen LogP contribution in [0.25, 0.3) is 32.6 Å². The van der Waals surface area contributed by atoms with Crippen LogP contribution in [0.4, 0.5) is 15.9 Å². The van der Waals surface area contributed by atoms with Crippen molar-refractivity contribution in [2.24, 2.45) is 5.41 Å². The number of piperidine rings is 1. The number of hydrogen-bond acceptors (Lipinski definition) is 10. The fourth-order valence-corrected chi connectivity index (χ4v) is 5.69. The first-order valence-electron chi connectivity index (χ1n) is 13.6. The summed E-state index contributed by atoms with van der Waals surface area (Å²) in [4.78, 5) is 56.9. The number of hydrogen-bond donors (Lipinski definition) is 3. The van der Waals surface area contributed by atoms with Gasteiger partial charge in [0.15, 0.2) is 5.13 Å². The molecule has 0 unspecified atom stereocenters. The highest BCUT2D eigenvalue weighted by molar-refractivity contribution is 7.22. The van der Waals surface area contributed by atoms with Gasteiger partial charge in [0.1, 0.15) is 0 Å². The molecule has 1 saturated heterocycles. The zero-order chi connectivity index (χ0) is 29.9. The first kappa shape index (κ1) is 29.1. The number of thiazole rings is 1. The SMILES string of the molecule is CCNC(=O)Nc1nc2cc(-c3cnc(N4CCC(C)(C(=O)O)CC4)nc3)cc(-c3cc(=O)n(CCOC)cn3)c2s1. The number of amides is 2. The number of carbonyl (C=O) groups is 2. The van der Waals surface area contributed by atoms with E-state index in [1.807, 2.05) is 24.0 Å². The summed E-state index contributed by atoms with van der Waals surface area (Å²) < 4.78 is 7.33. The van der Waals surface area contributed by atoms with E-state index in [2.05, 4.69) is 30.6 Å². The lowest BCUT2D eigenvalue weighted by Crippen LogP contribution is -2.43. The number of fused-ring (bicyclic) bond motifs is 1. The monoisotopic (exact) mass is 592 g/mol. The van der Waals surface area contributed by atoms with Crippen molar-refractivity contribution >= 4 is 44.6 Å². The molecule has 5 rings (SSSR count). The molecule has 0 atom stereocenters. The minimum absolute atomic E-state index is 0.214. The Morgan fingerprint density at radius 2 is 1.86 bits per heavy atom. The maximum absolute atomic E-state index is 12.8. The first-order chi connectivity index (χ1) is 20.2. The Morgan fingerprint density at radius 1 is 1.12 bits per heavy atom. The summed E-state index contributed by atoms with van der Waals surface area (Å²) >= 11 is 1.29. The van der Waals surface area contributed by atoms with Crippen LogP contribution in [0, 0.1) is 5.41 Å². The number of nitrogens with one attached hydrogen (secondary N) is 2. The normalized spacial score (nSPS) is 14.6. The molecule has 0 bridgehead atoms. The number of aliphatic carboxylic acids is 1. The molecule has 0 aliphatic carbocycles. The van der Waals surface area contributed by atoms with Crippen LogP contribution in [0.2, 0.25) is 0 Å². The van der Waals surface area contributed by atoms with Gasteiger partial charge in [0.25, 0.3) is 5.56 Å². The van der Waals surface area contributed by atoms with Crippen LogP contribution in [0.3, 0.4) is 0 Å². The summed E-state index contributed by atoms with van der Waals surface area (Å²) in [6.45, 7) is 5.96. The Bertz CT molecular complexity index is 1660. The smallest absolute Gasteiger partial charge is 0.321 e. The third-order valence-corrected chi connectivity index (χ3v) is 8.40. The molecular weight excluding hydrogens is 560 g/mol. The van der Waals surface area contributed by atoms with Gasteiger partial charge in [-0.3, -0.25) is 19.5 Å². The van der Waals surface area contributed by atoms with E-state index in [1.54, 1.807) is 26.4 Å². The molecule has 13 nitrogen and oxygen atoms in total. The maximum Gasteiger partial charge on any atom is 0.321 e. The number of ether oxygens (including phenoxy) is 1.